The third-order valence-electron chi connectivity index (χ3n) is 2.72. The number of pyridine rings is 1. The summed E-state index contributed by atoms with van der Waals surface area (Å²) in [6.07, 6.45) is 3.05. The first-order valence-electron chi connectivity index (χ1n) is 5.81. The number of carbonyl (C=O) groups is 1. The van der Waals surface area contributed by atoms with Gasteiger partial charge in [0.15, 0.2) is 0 Å². The summed E-state index contributed by atoms with van der Waals surface area (Å²) in [4.78, 5) is 14.9. The minimum absolute atomic E-state index is 0.165. The summed E-state index contributed by atoms with van der Waals surface area (Å²) < 4.78 is 0. The lowest BCUT2D eigenvalue weighted by molar-refractivity contribution is 0.0696. The standard InChI is InChI=1S/C14H9N3O2S/c18-14(19)10-5-6-12(15-7-10)20-13-11-4-2-1-3-9(11)8-16-17-13/h1-8H,(H,18,19). The first-order valence-corrected chi connectivity index (χ1v) is 6.63. The van der Waals surface area contributed by atoms with Crippen molar-refractivity contribution in [1.29, 1.82) is 0 Å². The summed E-state index contributed by atoms with van der Waals surface area (Å²) >= 11 is 1.36. The van der Waals surface area contributed by atoms with E-state index in [0.717, 1.165) is 15.8 Å². The molecule has 0 amide bonds. The molecule has 5 nitrogen and oxygen atoms in total. The molecule has 0 saturated carbocycles. The van der Waals surface area contributed by atoms with Crippen molar-refractivity contribution in [2.75, 3.05) is 0 Å². The average molecular weight is 283 g/mol. The lowest BCUT2D eigenvalue weighted by Gasteiger charge is -2.03. The number of benzene rings is 1. The summed E-state index contributed by atoms with van der Waals surface area (Å²) in [5.74, 6) is -0.987. The molecule has 0 aliphatic heterocycles. The summed E-state index contributed by atoms with van der Waals surface area (Å²) in [5, 5.41) is 20.3. The van der Waals surface area contributed by atoms with Gasteiger partial charge in [0, 0.05) is 17.0 Å². The van der Waals surface area contributed by atoms with Crippen LogP contribution in [0.4, 0.5) is 0 Å². The maximum absolute atomic E-state index is 10.8. The van der Waals surface area contributed by atoms with Crippen LogP contribution in [0, 0.1) is 0 Å². The molecule has 20 heavy (non-hydrogen) atoms. The smallest absolute Gasteiger partial charge is 0.337 e. The van der Waals surface area contributed by atoms with Crippen molar-refractivity contribution in [3.05, 3.63) is 54.4 Å². The van der Waals surface area contributed by atoms with E-state index in [1.807, 2.05) is 24.3 Å². The van der Waals surface area contributed by atoms with E-state index in [1.165, 1.54) is 24.0 Å². The molecule has 0 aliphatic carbocycles. The van der Waals surface area contributed by atoms with Gasteiger partial charge >= 0.3 is 5.97 Å². The SMILES string of the molecule is O=C(O)c1ccc(Sc2nncc3ccccc23)nc1. The van der Waals surface area contributed by atoms with Crippen LogP contribution in [0.5, 0.6) is 0 Å². The predicted molar refractivity (Wildman–Crippen MR) is 74.9 cm³/mol. The fraction of sp³-hybridized carbons (Fsp3) is 0. The third kappa shape index (κ3) is 2.46. The Balaban J connectivity index is 1.95. The highest BCUT2D eigenvalue weighted by molar-refractivity contribution is 7.99. The van der Waals surface area contributed by atoms with E-state index < -0.39 is 5.97 Å². The summed E-state index contributed by atoms with van der Waals surface area (Å²) in [5.41, 5.74) is 0.165. The number of carboxylic acids is 1. The van der Waals surface area contributed by atoms with Crippen molar-refractivity contribution >= 4 is 28.5 Å². The van der Waals surface area contributed by atoms with Gasteiger partial charge in [0.1, 0.15) is 10.1 Å². The Labute approximate surface area is 118 Å². The summed E-state index contributed by atoms with van der Waals surface area (Å²) in [6.45, 7) is 0. The second-order valence-electron chi connectivity index (χ2n) is 4.03. The van der Waals surface area contributed by atoms with Gasteiger partial charge in [-0.2, -0.15) is 5.10 Å². The molecule has 0 fully saturated rings. The second kappa shape index (κ2) is 5.26. The molecule has 98 valence electrons. The van der Waals surface area contributed by atoms with Crippen LogP contribution in [0.1, 0.15) is 10.4 Å². The molecule has 3 aromatic rings. The predicted octanol–water partition coefficient (Wildman–Crippen LogP) is 2.87. The van der Waals surface area contributed by atoms with Crippen LogP contribution in [0.25, 0.3) is 10.8 Å². The Morgan fingerprint density at radius 3 is 2.70 bits per heavy atom. The number of nitrogens with zero attached hydrogens (tertiary/aromatic N) is 3. The van der Waals surface area contributed by atoms with Gasteiger partial charge in [-0.3, -0.25) is 0 Å². The number of carboxylic acid groups (broad SMARTS) is 1. The lowest BCUT2D eigenvalue weighted by atomic mass is 10.2. The van der Waals surface area contributed by atoms with Gasteiger partial charge in [0.05, 0.1) is 11.8 Å². The molecule has 0 atom stereocenters. The first-order chi connectivity index (χ1) is 9.74. The van der Waals surface area contributed by atoms with Crippen LogP contribution in [0.2, 0.25) is 0 Å². The molecule has 0 radical (unpaired) electrons. The van der Waals surface area contributed by atoms with Crippen LogP contribution in [0.15, 0.2) is 58.8 Å². The minimum atomic E-state index is -0.987. The number of hydrogen-bond acceptors (Lipinski definition) is 5. The van der Waals surface area contributed by atoms with Crippen molar-refractivity contribution < 1.29 is 9.90 Å². The zero-order valence-electron chi connectivity index (χ0n) is 10.2. The zero-order chi connectivity index (χ0) is 13.9. The van der Waals surface area contributed by atoms with Gasteiger partial charge < -0.3 is 5.11 Å². The van der Waals surface area contributed by atoms with E-state index in [-0.39, 0.29) is 5.56 Å². The van der Waals surface area contributed by atoms with E-state index in [2.05, 4.69) is 15.2 Å². The summed E-state index contributed by atoms with van der Waals surface area (Å²) in [7, 11) is 0. The monoisotopic (exact) mass is 283 g/mol. The highest BCUT2D eigenvalue weighted by Gasteiger charge is 2.08. The van der Waals surface area contributed by atoms with E-state index in [4.69, 9.17) is 5.11 Å². The number of rotatable bonds is 3. The maximum atomic E-state index is 10.8. The van der Waals surface area contributed by atoms with Crippen LogP contribution in [0.3, 0.4) is 0 Å². The van der Waals surface area contributed by atoms with E-state index >= 15 is 0 Å². The van der Waals surface area contributed by atoms with E-state index in [9.17, 15) is 4.79 Å². The molecule has 6 heteroatoms. The van der Waals surface area contributed by atoms with Crippen molar-refractivity contribution in [3.8, 4) is 0 Å². The van der Waals surface area contributed by atoms with Crippen molar-refractivity contribution in [2.24, 2.45) is 0 Å². The van der Waals surface area contributed by atoms with Gasteiger partial charge in [-0.25, -0.2) is 9.78 Å². The van der Waals surface area contributed by atoms with Crippen LogP contribution in [-0.2, 0) is 0 Å². The quantitative estimate of drug-likeness (QED) is 0.796. The van der Waals surface area contributed by atoms with Gasteiger partial charge in [0.2, 0.25) is 0 Å². The molecule has 3 rings (SSSR count). The number of hydrogen-bond donors (Lipinski definition) is 1. The average Bonchev–Trinajstić information content (AvgIpc) is 2.48. The van der Waals surface area contributed by atoms with Gasteiger partial charge in [-0.1, -0.05) is 24.3 Å². The molecular weight excluding hydrogens is 274 g/mol. The molecule has 0 bridgehead atoms. The summed E-state index contributed by atoms with van der Waals surface area (Å²) in [6, 6.07) is 11.0. The molecule has 0 saturated heterocycles. The number of fused-ring (bicyclic) bond motifs is 1. The van der Waals surface area contributed by atoms with Gasteiger partial charge in [0.25, 0.3) is 0 Å². The Bertz CT molecular complexity index is 769. The second-order valence-corrected chi connectivity index (χ2v) is 5.04. The molecule has 0 unspecified atom stereocenters. The Hall–Kier alpha value is -2.47. The normalized spacial score (nSPS) is 10.6. The van der Waals surface area contributed by atoms with Crippen molar-refractivity contribution in [3.63, 3.8) is 0 Å². The molecule has 2 aromatic heterocycles. The fourth-order valence-electron chi connectivity index (χ4n) is 1.74. The molecule has 0 aliphatic rings. The molecular formula is C14H9N3O2S. The fourth-order valence-corrected chi connectivity index (χ4v) is 2.57. The molecule has 1 N–H and O–H groups in total. The molecule has 0 spiro atoms. The highest BCUT2D eigenvalue weighted by Crippen LogP contribution is 2.29. The first kappa shape index (κ1) is 12.6. The van der Waals surface area contributed by atoms with Gasteiger partial charge in [-0.05, 0) is 23.9 Å². The number of aromatic nitrogens is 3. The molecule has 1 aromatic carbocycles. The Morgan fingerprint density at radius 2 is 1.95 bits per heavy atom. The Morgan fingerprint density at radius 1 is 1.10 bits per heavy atom. The topological polar surface area (TPSA) is 76.0 Å². The van der Waals surface area contributed by atoms with Crippen molar-refractivity contribution in [1.82, 2.24) is 15.2 Å². The highest BCUT2D eigenvalue weighted by atomic mass is 32.2. The largest absolute Gasteiger partial charge is 0.478 e. The Kier molecular flexibility index (Phi) is 3.30. The molecule has 2 heterocycles. The van der Waals surface area contributed by atoms with E-state index in [0.29, 0.717) is 5.03 Å². The van der Waals surface area contributed by atoms with Crippen LogP contribution >= 0.6 is 11.8 Å². The van der Waals surface area contributed by atoms with Crippen molar-refractivity contribution in [2.45, 2.75) is 10.1 Å². The minimum Gasteiger partial charge on any atom is -0.478 e. The zero-order valence-corrected chi connectivity index (χ0v) is 11.0. The van der Waals surface area contributed by atoms with Crippen LogP contribution < -0.4 is 0 Å². The lowest BCUT2D eigenvalue weighted by Crippen LogP contribution is -1.96. The van der Waals surface area contributed by atoms with Gasteiger partial charge in [-0.15, -0.1) is 5.10 Å². The number of aromatic carboxylic acids is 1. The third-order valence-corrected chi connectivity index (χ3v) is 3.67. The van der Waals surface area contributed by atoms with Crippen LogP contribution in [-0.4, -0.2) is 26.3 Å². The maximum Gasteiger partial charge on any atom is 0.337 e. The van der Waals surface area contributed by atoms with E-state index in [1.54, 1.807) is 12.3 Å².